The highest BCUT2D eigenvalue weighted by molar-refractivity contribution is 5.61. The molecule has 80 valence electrons. The highest BCUT2D eigenvalue weighted by Crippen LogP contribution is 2.21. The molecule has 0 unspecified atom stereocenters. The quantitative estimate of drug-likeness (QED) is 0.472. The molecular formula is C11H11N5. The molecule has 2 aromatic rings. The van der Waals surface area contributed by atoms with Gasteiger partial charge in [0.05, 0.1) is 5.69 Å². The van der Waals surface area contributed by atoms with Crippen molar-refractivity contribution in [2.75, 3.05) is 0 Å². The van der Waals surface area contributed by atoms with Crippen LogP contribution in [-0.4, -0.2) is 10.2 Å². The lowest BCUT2D eigenvalue weighted by molar-refractivity contribution is 1.08. The van der Waals surface area contributed by atoms with Crippen molar-refractivity contribution >= 4 is 5.82 Å². The van der Waals surface area contributed by atoms with Gasteiger partial charge in [0, 0.05) is 10.5 Å². The average Bonchev–Trinajstić information content (AvgIpc) is 2.78. The molecule has 0 radical (unpaired) electrons. The van der Waals surface area contributed by atoms with E-state index in [1.54, 1.807) is 6.07 Å². The number of H-pyrrole nitrogens is 1. The first-order chi connectivity index (χ1) is 7.83. The van der Waals surface area contributed by atoms with E-state index < -0.39 is 0 Å². The monoisotopic (exact) mass is 213 g/mol. The Bertz CT molecular complexity index is 520. The SMILES string of the molecule is CCc1ccc(-c2cc(N=[N+]=[N-])[nH]n2)cc1. The van der Waals surface area contributed by atoms with Gasteiger partial charge >= 0.3 is 0 Å². The molecular weight excluding hydrogens is 202 g/mol. The van der Waals surface area contributed by atoms with E-state index in [1.165, 1.54) is 5.56 Å². The largest absolute Gasteiger partial charge is 0.275 e. The highest BCUT2D eigenvalue weighted by atomic mass is 15.2. The van der Waals surface area contributed by atoms with Crippen LogP contribution in [0.25, 0.3) is 21.7 Å². The second-order valence-electron chi connectivity index (χ2n) is 3.38. The van der Waals surface area contributed by atoms with Crippen molar-refractivity contribution in [3.05, 3.63) is 46.3 Å². The number of azide groups is 1. The Morgan fingerprint density at radius 3 is 2.75 bits per heavy atom. The van der Waals surface area contributed by atoms with Gasteiger partial charge in [-0.05, 0) is 28.7 Å². The third-order valence-electron chi connectivity index (χ3n) is 2.37. The zero-order valence-corrected chi connectivity index (χ0v) is 8.88. The molecule has 1 N–H and O–H groups in total. The van der Waals surface area contributed by atoms with E-state index in [0.29, 0.717) is 5.82 Å². The van der Waals surface area contributed by atoms with Crippen LogP contribution in [0, 0.1) is 0 Å². The summed E-state index contributed by atoms with van der Waals surface area (Å²) < 4.78 is 0. The maximum atomic E-state index is 8.28. The Labute approximate surface area is 92.7 Å². The Kier molecular flexibility index (Phi) is 2.89. The number of nitrogens with zero attached hydrogens (tertiary/aromatic N) is 4. The van der Waals surface area contributed by atoms with Crippen molar-refractivity contribution in [1.82, 2.24) is 10.2 Å². The Morgan fingerprint density at radius 1 is 1.38 bits per heavy atom. The number of rotatable bonds is 3. The fourth-order valence-electron chi connectivity index (χ4n) is 1.47. The number of aryl methyl sites for hydroxylation is 1. The third-order valence-corrected chi connectivity index (χ3v) is 2.37. The van der Waals surface area contributed by atoms with E-state index in [1.807, 2.05) is 12.1 Å². The molecule has 5 nitrogen and oxygen atoms in total. The van der Waals surface area contributed by atoms with Crippen LogP contribution >= 0.6 is 0 Å². The summed E-state index contributed by atoms with van der Waals surface area (Å²) in [6.45, 7) is 2.11. The minimum Gasteiger partial charge on any atom is -0.275 e. The minimum atomic E-state index is 0.428. The lowest BCUT2D eigenvalue weighted by Gasteiger charge is -1.98. The predicted molar refractivity (Wildman–Crippen MR) is 62.2 cm³/mol. The zero-order valence-electron chi connectivity index (χ0n) is 8.88. The fraction of sp³-hybridized carbons (Fsp3) is 0.182. The summed E-state index contributed by atoms with van der Waals surface area (Å²) in [5.74, 6) is 0.428. The van der Waals surface area contributed by atoms with Crippen molar-refractivity contribution in [1.29, 1.82) is 0 Å². The number of hydrogen-bond donors (Lipinski definition) is 1. The topological polar surface area (TPSA) is 77.4 Å². The number of nitrogens with one attached hydrogen (secondary N) is 1. The summed E-state index contributed by atoms with van der Waals surface area (Å²) in [7, 11) is 0. The zero-order chi connectivity index (χ0) is 11.4. The summed E-state index contributed by atoms with van der Waals surface area (Å²) in [6, 6.07) is 9.87. The molecule has 0 amide bonds. The van der Waals surface area contributed by atoms with Gasteiger partial charge in [-0.15, -0.1) is 0 Å². The van der Waals surface area contributed by atoms with E-state index in [4.69, 9.17) is 5.53 Å². The molecule has 0 fully saturated rings. The first-order valence-electron chi connectivity index (χ1n) is 5.03. The lowest BCUT2D eigenvalue weighted by Crippen LogP contribution is -1.81. The van der Waals surface area contributed by atoms with Crippen LogP contribution in [0.1, 0.15) is 12.5 Å². The van der Waals surface area contributed by atoms with Crippen molar-refractivity contribution in [3.8, 4) is 11.3 Å². The van der Waals surface area contributed by atoms with E-state index in [-0.39, 0.29) is 0 Å². The summed E-state index contributed by atoms with van der Waals surface area (Å²) >= 11 is 0. The molecule has 0 atom stereocenters. The molecule has 0 spiro atoms. The maximum absolute atomic E-state index is 8.28. The molecule has 0 aliphatic rings. The van der Waals surface area contributed by atoms with E-state index in [2.05, 4.69) is 39.3 Å². The smallest absolute Gasteiger partial charge is 0.122 e. The number of aromatic nitrogens is 2. The van der Waals surface area contributed by atoms with Gasteiger partial charge in [0.2, 0.25) is 0 Å². The first kappa shape index (κ1) is 10.3. The van der Waals surface area contributed by atoms with E-state index in [0.717, 1.165) is 17.7 Å². The van der Waals surface area contributed by atoms with E-state index in [9.17, 15) is 0 Å². The van der Waals surface area contributed by atoms with Gasteiger partial charge in [-0.2, -0.15) is 5.10 Å². The van der Waals surface area contributed by atoms with Crippen LogP contribution in [-0.2, 0) is 6.42 Å². The van der Waals surface area contributed by atoms with Gasteiger partial charge in [-0.1, -0.05) is 31.2 Å². The number of benzene rings is 1. The van der Waals surface area contributed by atoms with Gasteiger partial charge in [-0.3, -0.25) is 5.10 Å². The van der Waals surface area contributed by atoms with Crippen LogP contribution in [0.5, 0.6) is 0 Å². The highest BCUT2D eigenvalue weighted by Gasteiger charge is 2.02. The predicted octanol–water partition coefficient (Wildman–Crippen LogP) is 3.58. The van der Waals surface area contributed by atoms with Gasteiger partial charge in [-0.25, -0.2) is 0 Å². The normalized spacial score (nSPS) is 9.81. The molecule has 0 saturated carbocycles. The average molecular weight is 213 g/mol. The molecule has 1 heterocycles. The minimum absolute atomic E-state index is 0.428. The fourth-order valence-corrected chi connectivity index (χ4v) is 1.47. The molecule has 1 aromatic carbocycles. The van der Waals surface area contributed by atoms with Gasteiger partial charge in [0.15, 0.2) is 0 Å². The molecule has 2 rings (SSSR count). The van der Waals surface area contributed by atoms with Crippen LogP contribution < -0.4 is 0 Å². The van der Waals surface area contributed by atoms with Crippen molar-refractivity contribution in [2.45, 2.75) is 13.3 Å². The standard InChI is InChI=1S/C11H11N5/c1-2-8-3-5-9(6-4-8)10-7-11(14-13-10)15-16-12/h3-7H,2H2,1H3,(H,13,14). The van der Waals surface area contributed by atoms with Crippen LogP contribution in [0.3, 0.4) is 0 Å². The summed E-state index contributed by atoms with van der Waals surface area (Å²) in [4.78, 5) is 2.69. The maximum Gasteiger partial charge on any atom is 0.122 e. The van der Waals surface area contributed by atoms with Gasteiger partial charge < -0.3 is 0 Å². The number of aromatic amines is 1. The van der Waals surface area contributed by atoms with Crippen LogP contribution in [0.2, 0.25) is 0 Å². The lowest BCUT2D eigenvalue weighted by atomic mass is 10.1. The molecule has 0 saturated heterocycles. The second-order valence-corrected chi connectivity index (χ2v) is 3.38. The number of hydrogen-bond acceptors (Lipinski definition) is 2. The van der Waals surface area contributed by atoms with Crippen molar-refractivity contribution in [2.24, 2.45) is 5.11 Å². The second kappa shape index (κ2) is 4.51. The summed E-state index contributed by atoms with van der Waals surface area (Å²) in [5, 5.41) is 10.2. The van der Waals surface area contributed by atoms with Crippen molar-refractivity contribution in [3.63, 3.8) is 0 Å². The molecule has 1 aromatic heterocycles. The van der Waals surface area contributed by atoms with Crippen molar-refractivity contribution < 1.29 is 0 Å². The van der Waals surface area contributed by atoms with Crippen LogP contribution in [0.4, 0.5) is 5.82 Å². The summed E-state index contributed by atoms with van der Waals surface area (Å²) in [6.07, 6.45) is 1.02. The Morgan fingerprint density at radius 2 is 2.12 bits per heavy atom. The third kappa shape index (κ3) is 2.04. The van der Waals surface area contributed by atoms with Crippen LogP contribution in [0.15, 0.2) is 35.4 Å². The van der Waals surface area contributed by atoms with Gasteiger partial charge in [0.25, 0.3) is 0 Å². The Hall–Kier alpha value is -2.26. The molecule has 0 bridgehead atoms. The molecule has 0 aliphatic carbocycles. The first-order valence-corrected chi connectivity index (χ1v) is 5.03. The van der Waals surface area contributed by atoms with E-state index >= 15 is 0 Å². The van der Waals surface area contributed by atoms with Gasteiger partial charge in [0.1, 0.15) is 5.82 Å². The molecule has 16 heavy (non-hydrogen) atoms. The Balaban J connectivity index is 2.31. The molecule has 5 heteroatoms. The molecule has 0 aliphatic heterocycles. The summed E-state index contributed by atoms with van der Waals surface area (Å²) in [5.41, 5.74) is 11.4.